The van der Waals surface area contributed by atoms with Crippen molar-refractivity contribution in [1.29, 1.82) is 0 Å². The van der Waals surface area contributed by atoms with E-state index in [2.05, 4.69) is 0 Å². The highest BCUT2D eigenvalue weighted by atomic mass is 32.2. The Kier molecular flexibility index (Phi) is 4.93. The fraction of sp³-hybridized carbons (Fsp3) is 0.381. The van der Waals surface area contributed by atoms with Crippen LogP contribution in [0.2, 0.25) is 0 Å². The summed E-state index contributed by atoms with van der Waals surface area (Å²) in [7, 11) is -1.57. The van der Waals surface area contributed by atoms with Crippen LogP contribution >= 0.6 is 0 Å². The van der Waals surface area contributed by atoms with Crippen LogP contribution < -0.4 is 4.90 Å². The number of carbonyl (C=O) groups is 1. The maximum absolute atomic E-state index is 13.9. The molecule has 2 atom stereocenters. The molecule has 3 aliphatic heterocycles. The quantitative estimate of drug-likeness (QED) is 0.745. The normalized spacial score (nSPS) is 24.4. The van der Waals surface area contributed by atoms with Crippen LogP contribution in [0.3, 0.4) is 0 Å². The van der Waals surface area contributed by atoms with Gasteiger partial charge in [-0.3, -0.25) is 9.69 Å². The van der Waals surface area contributed by atoms with E-state index in [0.717, 1.165) is 0 Å². The van der Waals surface area contributed by atoms with Crippen molar-refractivity contribution in [2.45, 2.75) is 29.7 Å². The van der Waals surface area contributed by atoms with Crippen LogP contribution in [-0.2, 0) is 31.0 Å². The number of anilines is 2. The van der Waals surface area contributed by atoms with E-state index in [-0.39, 0.29) is 6.54 Å². The number of halogens is 2. The van der Waals surface area contributed by atoms with Crippen LogP contribution in [0.5, 0.6) is 0 Å². The maximum Gasteiger partial charge on any atom is 0.297 e. The lowest BCUT2D eigenvalue weighted by Gasteiger charge is -2.32. The van der Waals surface area contributed by atoms with E-state index in [1.807, 2.05) is 0 Å². The minimum atomic E-state index is -1.66. The Labute approximate surface area is 175 Å². The first-order chi connectivity index (χ1) is 14.5. The summed E-state index contributed by atoms with van der Waals surface area (Å²) in [6.07, 6.45) is -0.00918. The first-order valence-corrected chi connectivity index (χ1v) is 10.9. The molecule has 2 aromatic rings. The van der Waals surface area contributed by atoms with E-state index in [4.69, 9.17) is 9.47 Å². The fourth-order valence-electron chi connectivity index (χ4n) is 4.12. The molecular formula is C21H20F2N2O4S. The Morgan fingerprint density at radius 3 is 2.63 bits per heavy atom. The Balaban J connectivity index is 1.60. The largest absolute Gasteiger partial charge is 0.338 e. The van der Waals surface area contributed by atoms with E-state index < -0.39 is 34.7 Å². The lowest BCUT2D eigenvalue weighted by molar-refractivity contribution is -0.256. The summed E-state index contributed by atoms with van der Waals surface area (Å²) in [6.45, 7) is 1.16. The van der Waals surface area contributed by atoms with Crippen LogP contribution in [0.15, 0.2) is 47.4 Å². The number of nitrogens with zero attached hydrogens (tertiary/aromatic N) is 2. The zero-order chi connectivity index (χ0) is 20.9. The van der Waals surface area contributed by atoms with Gasteiger partial charge >= 0.3 is 0 Å². The monoisotopic (exact) mass is 434 g/mol. The molecule has 0 bridgehead atoms. The van der Waals surface area contributed by atoms with Gasteiger partial charge < -0.3 is 9.47 Å². The molecule has 9 heteroatoms. The first-order valence-electron chi connectivity index (χ1n) is 9.83. The molecule has 2 aromatic carbocycles. The molecule has 0 aliphatic carbocycles. The smallest absolute Gasteiger partial charge is 0.297 e. The van der Waals surface area contributed by atoms with Crippen molar-refractivity contribution in [3.8, 4) is 0 Å². The number of carbonyl (C=O) groups excluding carboxylic acids is 1. The highest BCUT2D eigenvalue weighted by molar-refractivity contribution is 7.82. The second kappa shape index (κ2) is 7.49. The van der Waals surface area contributed by atoms with Crippen LogP contribution in [0, 0.1) is 5.82 Å². The number of amides is 1. The second-order valence-electron chi connectivity index (χ2n) is 7.49. The van der Waals surface area contributed by atoms with Gasteiger partial charge in [-0.05, 0) is 49.2 Å². The average Bonchev–Trinajstić information content (AvgIpc) is 3.28. The van der Waals surface area contributed by atoms with Crippen LogP contribution in [0.25, 0.3) is 0 Å². The predicted octanol–water partition coefficient (Wildman–Crippen LogP) is 3.16. The van der Waals surface area contributed by atoms with Gasteiger partial charge in [0.05, 0.1) is 29.5 Å². The lowest BCUT2D eigenvalue weighted by atomic mass is 10.1. The molecule has 2 saturated heterocycles. The van der Waals surface area contributed by atoms with Crippen LogP contribution in [0.4, 0.5) is 20.2 Å². The molecule has 0 N–H and O–H groups in total. The molecule has 158 valence electrons. The molecule has 5 rings (SSSR count). The van der Waals surface area contributed by atoms with E-state index in [1.54, 1.807) is 28.6 Å². The standard InChI is InChI=1S/C21H20F2N2O4S/c22-14-3-1-4-16(11-14)25-19-6-5-17(30(27)24-8-7-15(23)13-24)12-18(19)21(20(25)26)28-9-2-10-29-21/h1,3-6,11-12,15H,2,7-10,13H2. The molecule has 2 fully saturated rings. The molecule has 30 heavy (non-hydrogen) atoms. The number of benzene rings is 2. The molecule has 6 nitrogen and oxygen atoms in total. The van der Waals surface area contributed by atoms with Crippen molar-refractivity contribution < 1.29 is 27.3 Å². The Morgan fingerprint density at radius 2 is 1.93 bits per heavy atom. The third-order valence-electron chi connectivity index (χ3n) is 5.54. The second-order valence-corrected chi connectivity index (χ2v) is 8.98. The molecule has 0 saturated carbocycles. The minimum absolute atomic E-state index is 0.107. The third kappa shape index (κ3) is 3.08. The van der Waals surface area contributed by atoms with E-state index in [9.17, 15) is 17.8 Å². The Hall–Kier alpha value is -2.20. The molecule has 1 amide bonds. The van der Waals surface area contributed by atoms with E-state index in [1.165, 1.54) is 23.1 Å². The maximum atomic E-state index is 13.9. The summed E-state index contributed by atoms with van der Waals surface area (Å²) in [5.74, 6) is -2.61. The van der Waals surface area contributed by atoms with Gasteiger partial charge in [0, 0.05) is 18.7 Å². The van der Waals surface area contributed by atoms with Gasteiger partial charge in [-0.15, -0.1) is 0 Å². The number of fused-ring (bicyclic) bond motifs is 2. The van der Waals surface area contributed by atoms with Crippen molar-refractivity contribution in [1.82, 2.24) is 4.31 Å². The zero-order valence-corrected chi connectivity index (χ0v) is 16.9. The van der Waals surface area contributed by atoms with Gasteiger partial charge in [-0.2, -0.15) is 0 Å². The topological polar surface area (TPSA) is 59.1 Å². The van der Waals surface area contributed by atoms with Crippen molar-refractivity contribution in [3.63, 3.8) is 0 Å². The number of rotatable bonds is 3. The molecule has 1 spiro atoms. The number of hydrogen-bond donors (Lipinski definition) is 0. The predicted molar refractivity (Wildman–Crippen MR) is 106 cm³/mol. The van der Waals surface area contributed by atoms with E-state index >= 15 is 0 Å². The molecule has 2 unspecified atom stereocenters. The molecule has 3 aliphatic rings. The minimum Gasteiger partial charge on any atom is -0.338 e. The summed E-state index contributed by atoms with van der Waals surface area (Å²) in [5, 5.41) is 0. The molecule has 0 aromatic heterocycles. The summed E-state index contributed by atoms with van der Waals surface area (Å²) >= 11 is 0. The summed E-state index contributed by atoms with van der Waals surface area (Å²) < 4.78 is 53.7. The van der Waals surface area contributed by atoms with Gasteiger partial charge in [0.25, 0.3) is 11.7 Å². The lowest BCUT2D eigenvalue weighted by Crippen LogP contribution is -2.46. The van der Waals surface area contributed by atoms with Crippen molar-refractivity contribution in [3.05, 3.63) is 53.8 Å². The first kappa shape index (κ1) is 19.7. The summed E-state index contributed by atoms with van der Waals surface area (Å²) in [5.41, 5.74) is 1.26. The highest BCUT2D eigenvalue weighted by Gasteiger charge is 2.55. The Morgan fingerprint density at radius 1 is 1.13 bits per heavy atom. The zero-order valence-electron chi connectivity index (χ0n) is 16.1. The van der Waals surface area contributed by atoms with Crippen molar-refractivity contribution in [2.24, 2.45) is 0 Å². The van der Waals surface area contributed by atoms with Gasteiger partial charge in [-0.25, -0.2) is 17.3 Å². The number of ether oxygens (including phenoxy) is 2. The van der Waals surface area contributed by atoms with Gasteiger partial charge in [0.15, 0.2) is 0 Å². The van der Waals surface area contributed by atoms with Gasteiger partial charge in [0.2, 0.25) is 0 Å². The highest BCUT2D eigenvalue weighted by Crippen LogP contribution is 2.49. The summed E-state index contributed by atoms with van der Waals surface area (Å²) in [4.78, 5) is 15.3. The average molecular weight is 434 g/mol. The third-order valence-corrected chi connectivity index (χ3v) is 7.00. The number of hydrogen-bond acceptors (Lipinski definition) is 4. The van der Waals surface area contributed by atoms with Crippen molar-refractivity contribution >= 4 is 28.3 Å². The Bertz CT molecular complexity index is 1030. The summed E-state index contributed by atoms with van der Waals surface area (Å²) in [6, 6.07) is 10.6. The van der Waals surface area contributed by atoms with Crippen LogP contribution in [-0.4, -0.2) is 46.9 Å². The van der Waals surface area contributed by atoms with Gasteiger partial charge in [-0.1, -0.05) is 6.07 Å². The van der Waals surface area contributed by atoms with Gasteiger partial charge in [0.1, 0.15) is 23.0 Å². The molecule has 3 heterocycles. The van der Waals surface area contributed by atoms with Crippen molar-refractivity contribution in [2.75, 3.05) is 31.2 Å². The number of alkyl halides is 1. The molecule has 0 radical (unpaired) electrons. The fourth-order valence-corrected chi connectivity index (χ4v) is 5.39. The van der Waals surface area contributed by atoms with E-state index in [0.29, 0.717) is 54.4 Å². The SMILES string of the molecule is O=C1N(c2cccc(F)c2)c2ccc(S(=O)N3CCC(F)C3)cc2C12OCCCO2. The van der Waals surface area contributed by atoms with Crippen LogP contribution in [0.1, 0.15) is 18.4 Å². The molecular weight excluding hydrogens is 414 g/mol.